The van der Waals surface area contributed by atoms with E-state index >= 15 is 0 Å². The normalized spacial score (nSPS) is 10.9. The Kier molecular flexibility index (Phi) is 4.57. The van der Waals surface area contributed by atoms with Gasteiger partial charge in [-0.2, -0.15) is 0 Å². The van der Waals surface area contributed by atoms with Gasteiger partial charge in [-0.15, -0.1) is 0 Å². The van der Waals surface area contributed by atoms with Gasteiger partial charge in [0.2, 0.25) is 16.9 Å². The summed E-state index contributed by atoms with van der Waals surface area (Å²) in [5.74, 6) is 0.267. The fourth-order valence-electron chi connectivity index (χ4n) is 2.94. The van der Waals surface area contributed by atoms with Gasteiger partial charge in [0.05, 0.1) is 11.6 Å². The standard InChI is InChI=1S/C23H18O5/c1-14-5-8-16(9-6-14)18(24)13-27-23-21(25)17-10-7-15(2)12-20(17)28-22(23)19-4-3-11-26-19/h3-12H,13H2,1-2H3. The van der Waals surface area contributed by atoms with Crippen molar-refractivity contribution in [1.29, 1.82) is 0 Å². The van der Waals surface area contributed by atoms with Crippen LogP contribution in [0.2, 0.25) is 0 Å². The average molecular weight is 374 g/mol. The summed E-state index contributed by atoms with van der Waals surface area (Å²) in [6, 6.07) is 15.8. The third kappa shape index (κ3) is 3.34. The zero-order valence-corrected chi connectivity index (χ0v) is 15.5. The number of carbonyl (C=O) groups is 1. The lowest BCUT2D eigenvalue weighted by Crippen LogP contribution is -2.17. The first-order valence-electron chi connectivity index (χ1n) is 8.87. The highest BCUT2D eigenvalue weighted by molar-refractivity contribution is 5.97. The highest BCUT2D eigenvalue weighted by Crippen LogP contribution is 2.31. The van der Waals surface area contributed by atoms with E-state index in [1.807, 2.05) is 32.0 Å². The van der Waals surface area contributed by atoms with Gasteiger partial charge in [0.25, 0.3) is 0 Å². The number of furan rings is 1. The molecule has 28 heavy (non-hydrogen) atoms. The van der Waals surface area contributed by atoms with Crippen LogP contribution >= 0.6 is 0 Å². The first kappa shape index (κ1) is 17.8. The van der Waals surface area contributed by atoms with Crippen LogP contribution in [0.1, 0.15) is 21.5 Å². The van der Waals surface area contributed by atoms with Gasteiger partial charge >= 0.3 is 0 Å². The van der Waals surface area contributed by atoms with Gasteiger partial charge in [0.1, 0.15) is 5.58 Å². The quantitative estimate of drug-likeness (QED) is 0.463. The second-order valence-corrected chi connectivity index (χ2v) is 6.64. The molecule has 2 aromatic heterocycles. The number of carbonyl (C=O) groups excluding carboxylic acids is 1. The monoisotopic (exact) mass is 374 g/mol. The van der Waals surface area contributed by atoms with Gasteiger partial charge < -0.3 is 13.6 Å². The van der Waals surface area contributed by atoms with Gasteiger partial charge in [-0.1, -0.05) is 35.9 Å². The molecule has 0 atom stereocenters. The molecule has 0 aliphatic carbocycles. The van der Waals surface area contributed by atoms with Crippen molar-refractivity contribution in [3.8, 4) is 17.3 Å². The van der Waals surface area contributed by atoms with Gasteiger partial charge in [0.15, 0.2) is 18.2 Å². The molecule has 0 saturated heterocycles. The van der Waals surface area contributed by atoms with E-state index in [1.54, 1.807) is 36.4 Å². The Morgan fingerprint density at radius 3 is 2.46 bits per heavy atom. The van der Waals surface area contributed by atoms with E-state index in [0.29, 0.717) is 22.3 Å². The van der Waals surface area contributed by atoms with Crippen molar-refractivity contribution in [2.45, 2.75) is 13.8 Å². The molecule has 0 aliphatic rings. The Morgan fingerprint density at radius 2 is 1.75 bits per heavy atom. The van der Waals surface area contributed by atoms with Gasteiger partial charge in [0, 0.05) is 5.56 Å². The smallest absolute Gasteiger partial charge is 0.235 e. The van der Waals surface area contributed by atoms with E-state index in [2.05, 4.69) is 0 Å². The van der Waals surface area contributed by atoms with Crippen LogP contribution in [0, 0.1) is 13.8 Å². The molecule has 0 N–H and O–H groups in total. The number of ketones is 1. The maximum absolute atomic E-state index is 13.0. The van der Waals surface area contributed by atoms with Crippen LogP contribution < -0.4 is 10.2 Å². The van der Waals surface area contributed by atoms with Crippen molar-refractivity contribution in [2.24, 2.45) is 0 Å². The Labute approximate surface area is 161 Å². The minimum absolute atomic E-state index is 0.0354. The number of rotatable bonds is 5. The number of hydrogen-bond donors (Lipinski definition) is 0. The minimum atomic E-state index is -0.343. The summed E-state index contributed by atoms with van der Waals surface area (Å²) in [5, 5.41) is 0.388. The lowest BCUT2D eigenvalue weighted by Gasteiger charge is -2.10. The van der Waals surface area contributed by atoms with Gasteiger partial charge in [-0.25, -0.2) is 0 Å². The van der Waals surface area contributed by atoms with E-state index in [0.717, 1.165) is 11.1 Å². The Morgan fingerprint density at radius 1 is 1.00 bits per heavy atom. The zero-order valence-electron chi connectivity index (χ0n) is 15.5. The van der Waals surface area contributed by atoms with Crippen LogP contribution in [-0.4, -0.2) is 12.4 Å². The lowest BCUT2D eigenvalue weighted by molar-refractivity contribution is 0.0920. The van der Waals surface area contributed by atoms with Crippen molar-refractivity contribution in [3.05, 3.63) is 87.8 Å². The number of hydrogen-bond acceptors (Lipinski definition) is 5. The van der Waals surface area contributed by atoms with Crippen LogP contribution in [0.25, 0.3) is 22.5 Å². The van der Waals surface area contributed by atoms with Crippen LogP contribution in [0.3, 0.4) is 0 Å². The molecule has 0 saturated carbocycles. The van der Waals surface area contributed by atoms with Crippen molar-refractivity contribution in [1.82, 2.24) is 0 Å². The highest BCUT2D eigenvalue weighted by atomic mass is 16.5. The number of benzene rings is 2. The predicted octanol–water partition coefficient (Wildman–Crippen LogP) is 4.93. The topological polar surface area (TPSA) is 69.7 Å². The van der Waals surface area contributed by atoms with Crippen molar-refractivity contribution in [2.75, 3.05) is 6.61 Å². The zero-order chi connectivity index (χ0) is 19.7. The van der Waals surface area contributed by atoms with Crippen molar-refractivity contribution >= 4 is 16.8 Å². The highest BCUT2D eigenvalue weighted by Gasteiger charge is 2.21. The molecule has 0 radical (unpaired) electrons. The van der Waals surface area contributed by atoms with Crippen LogP contribution in [0.4, 0.5) is 0 Å². The molecule has 0 fully saturated rings. The number of Topliss-reactive ketones (excluding diaryl/α,β-unsaturated/α-hetero) is 1. The predicted molar refractivity (Wildman–Crippen MR) is 106 cm³/mol. The van der Waals surface area contributed by atoms with E-state index < -0.39 is 0 Å². The Bertz CT molecular complexity index is 1200. The third-order valence-corrected chi connectivity index (χ3v) is 4.47. The maximum Gasteiger partial charge on any atom is 0.235 e. The lowest BCUT2D eigenvalue weighted by atomic mass is 10.1. The minimum Gasteiger partial charge on any atom is -0.478 e. The molecule has 140 valence electrons. The summed E-state index contributed by atoms with van der Waals surface area (Å²) in [6.45, 7) is 3.58. The molecular weight excluding hydrogens is 356 g/mol. The van der Waals surface area contributed by atoms with E-state index in [4.69, 9.17) is 13.6 Å². The maximum atomic E-state index is 13.0. The second-order valence-electron chi connectivity index (χ2n) is 6.64. The number of fused-ring (bicyclic) bond motifs is 1. The molecule has 0 bridgehead atoms. The van der Waals surface area contributed by atoms with Crippen LogP contribution in [0.15, 0.2) is 74.5 Å². The summed E-state index contributed by atoms with van der Waals surface area (Å²) in [7, 11) is 0. The summed E-state index contributed by atoms with van der Waals surface area (Å²) < 4.78 is 17.0. The fourth-order valence-corrected chi connectivity index (χ4v) is 2.94. The summed E-state index contributed by atoms with van der Waals surface area (Å²) in [4.78, 5) is 25.5. The van der Waals surface area contributed by atoms with Crippen LogP contribution in [-0.2, 0) is 0 Å². The SMILES string of the molecule is Cc1ccc(C(=O)COc2c(-c3ccco3)oc3cc(C)ccc3c2=O)cc1. The second kappa shape index (κ2) is 7.19. The van der Waals surface area contributed by atoms with Gasteiger partial charge in [-0.3, -0.25) is 9.59 Å². The Balaban J connectivity index is 1.74. The summed E-state index contributed by atoms with van der Waals surface area (Å²) >= 11 is 0. The van der Waals surface area contributed by atoms with Crippen LogP contribution in [0.5, 0.6) is 5.75 Å². The van der Waals surface area contributed by atoms with E-state index in [1.165, 1.54) is 6.26 Å². The fraction of sp³-hybridized carbons (Fsp3) is 0.130. The number of ether oxygens (including phenoxy) is 1. The number of aryl methyl sites for hydroxylation is 2. The van der Waals surface area contributed by atoms with Gasteiger partial charge in [-0.05, 0) is 43.7 Å². The third-order valence-electron chi connectivity index (χ3n) is 4.47. The molecule has 5 nitrogen and oxygen atoms in total. The van der Waals surface area contributed by atoms with E-state index in [9.17, 15) is 9.59 Å². The summed E-state index contributed by atoms with van der Waals surface area (Å²) in [6.07, 6.45) is 1.48. The van der Waals surface area contributed by atoms with E-state index in [-0.39, 0.29) is 29.3 Å². The van der Waals surface area contributed by atoms with Crippen molar-refractivity contribution < 1.29 is 18.4 Å². The Hall–Kier alpha value is -3.60. The molecule has 2 aromatic carbocycles. The first-order chi connectivity index (χ1) is 13.5. The first-order valence-corrected chi connectivity index (χ1v) is 8.87. The molecule has 4 aromatic rings. The molecule has 0 amide bonds. The molecular formula is C23H18O5. The largest absolute Gasteiger partial charge is 0.478 e. The molecule has 0 spiro atoms. The molecule has 0 aliphatic heterocycles. The average Bonchev–Trinajstić information content (AvgIpc) is 3.22. The molecule has 5 heteroatoms. The molecule has 2 heterocycles. The van der Waals surface area contributed by atoms with Crippen molar-refractivity contribution in [3.63, 3.8) is 0 Å². The summed E-state index contributed by atoms with van der Waals surface area (Å²) in [5.41, 5.74) is 2.64. The molecule has 0 unspecified atom stereocenters. The molecule has 4 rings (SSSR count).